The predicted octanol–water partition coefficient (Wildman–Crippen LogP) is 2.35. The zero-order valence-electron chi connectivity index (χ0n) is 14.4. The maximum atomic E-state index is 12.1. The summed E-state index contributed by atoms with van der Waals surface area (Å²) in [7, 11) is 0. The van der Waals surface area contributed by atoms with Gasteiger partial charge in [0.2, 0.25) is 5.91 Å². The van der Waals surface area contributed by atoms with E-state index in [1.165, 1.54) is 6.42 Å². The van der Waals surface area contributed by atoms with Crippen LogP contribution in [0.3, 0.4) is 0 Å². The van der Waals surface area contributed by atoms with E-state index in [4.69, 9.17) is 0 Å². The number of rotatable bonds is 8. The minimum atomic E-state index is -1.07. The standard InChI is InChI=1S/C19H26N2O4/c22-17(14-8-3-1-4-9-14)20-13-7-12-16(19(24)25)21-18(23)15-10-5-2-6-11-15/h2,5-6,10-11,14,16H,1,3-4,7-9,12-13H2,(H,20,22)(H,21,23)(H,24,25)/t16-/m0/s1. The molecule has 0 radical (unpaired) electrons. The van der Waals surface area contributed by atoms with E-state index in [9.17, 15) is 19.5 Å². The maximum absolute atomic E-state index is 12.1. The number of carbonyl (C=O) groups excluding carboxylic acids is 2. The van der Waals surface area contributed by atoms with E-state index >= 15 is 0 Å². The van der Waals surface area contributed by atoms with E-state index < -0.39 is 17.9 Å². The Morgan fingerprint density at radius 2 is 1.76 bits per heavy atom. The van der Waals surface area contributed by atoms with Gasteiger partial charge in [0.25, 0.3) is 5.91 Å². The Morgan fingerprint density at radius 3 is 2.40 bits per heavy atom. The van der Waals surface area contributed by atoms with Crippen LogP contribution >= 0.6 is 0 Å². The van der Waals surface area contributed by atoms with Crippen molar-refractivity contribution >= 4 is 17.8 Å². The highest BCUT2D eigenvalue weighted by atomic mass is 16.4. The maximum Gasteiger partial charge on any atom is 0.326 e. The molecule has 0 spiro atoms. The molecular formula is C19H26N2O4. The molecule has 25 heavy (non-hydrogen) atoms. The molecule has 136 valence electrons. The van der Waals surface area contributed by atoms with Crippen molar-refractivity contribution in [1.82, 2.24) is 10.6 Å². The number of hydrogen-bond acceptors (Lipinski definition) is 3. The second-order valence-corrected chi connectivity index (χ2v) is 6.50. The van der Waals surface area contributed by atoms with Crippen LogP contribution in [-0.2, 0) is 9.59 Å². The molecule has 1 atom stereocenters. The van der Waals surface area contributed by atoms with E-state index in [1.807, 2.05) is 0 Å². The third kappa shape index (κ3) is 6.21. The number of amides is 2. The SMILES string of the molecule is O=C(N[C@@H](CCCNC(=O)C1CCCCC1)C(=O)O)c1ccccc1. The lowest BCUT2D eigenvalue weighted by atomic mass is 9.88. The van der Waals surface area contributed by atoms with Crippen LogP contribution in [0.5, 0.6) is 0 Å². The monoisotopic (exact) mass is 346 g/mol. The van der Waals surface area contributed by atoms with Gasteiger partial charge < -0.3 is 15.7 Å². The first-order valence-corrected chi connectivity index (χ1v) is 8.94. The minimum absolute atomic E-state index is 0.0693. The largest absolute Gasteiger partial charge is 0.480 e. The molecule has 1 aromatic rings. The van der Waals surface area contributed by atoms with Gasteiger partial charge in [-0.15, -0.1) is 0 Å². The summed E-state index contributed by atoms with van der Waals surface area (Å²) in [4.78, 5) is 35.4. The average molecular weight is 346 g/mol. The molecule has 2 rings (SSSR count). The van der Waals surface area contributed by atoms with Crippen LogP contribution < -0.4 is 10.6 Å². The van der Waals surface area contributed by atoms with E-state index in [0.29, 0.717) is 18.5 Å². The van der Waals surface area contributed by atoms with Gasteiger partial charge in [-0.1, -0.05) is 37.5 Å². The first kappa shape index (κ1) is 19.0. The molecule has 3 N–H and O–H groups in total. The summed E-state index contributed by atoms with van der Waals surface area (Å²) in [6, 6.07) is 7.56. The Hall–Kier alpha value is -2.37. The number of hydrogen-bond donors (Lipinski definition) is 3. The van der Waals surface area contributed by atoms with Crippen molar-refractivity contribution in [2.24, 2.45) is 5.92 Å². The Kier molecular flexibility index (Phi) is 7.44. The quantitative estimate of drug-likeness (QED) is 0.630. The summed E-state index contributed by atoms with van der Waals surface area (Å²) >= 11 is 0. The number of benzene rings is 1. The molecule has 0 saturated heterocycles. The first-order chi connectivity index (χ1) is 12.1. The van der Waals surface area contributed by atoms with Gasteiger partial charge in [0.15, 0.2) is 0 Å². The molecule has 6 nitrogen and oxygen atoms in total. The van der Waals surface area contributed by atoms with Crippen LogP contribution in [0.4, 0.5) is 0 Å². The van der Waals surface area contributed by atoms with Crippen molar-refractivity contribution in [3.05, 3.63) is 35.9 Å². The van der Waals surface area contributed by atoms with Crippen molar-refractivity contribution in [1.29, 1.82) is 0 Å². The van der Waals surface area contributed by atoms with Crippen molar-refractivity contribution in [3.63, 3.8) is 0 Å². The van der Waals surface area contributed by atoms with Gasteiger partial charge in [-0.25, -0.2) is 4.79 Å². The smallest absolute Gasteiger partial charge is 0.326 e. The van der Waals surface area contributed by atoms with Crippen LogP contribution in [0.2, 0.25) is 0 Å². The summed E-state index contributed by atoms with van der Waals surface area (Å²) in [6.45, 7) is 0.431. The van der Waals surface area contributed by atoms with E-state index in [2.05, 4.69) is 10.6 Å². The lowest BCUT2D eigenvalue weighted by Gasteiger charge is -2.21. The normalized spacial score (nSPS) is 16.0. The van der Waals surface area contributed by atoms with Gasteiger partial charge in [0.1, 0.15) is 6.04 Å². The van der Waals surface area contributed by atoms with E-state index in [0.717, 1.165) is 25.7 Å². The summed E-state index contributed by atoms with van der Waals surface area (Å²) in [6.07, 6.45) is 6.07. The molecule has 0 bridgehead atoms. The third-order valence-electron chi connectivity index (χ3n) is 4.58. The zero-order chi connectivity index (χ0) is 18.1. The summed E-state index contributed by atoms with van der Waals surface area (Å²) in [5.41, 5.74) is 0.430. The zero-order valence-corrected chi connectivity index (χ0v) is 14.4. The van der Waals surface area contributed by atoms with Crippen molar-refractivity contribution in [2.45, 2.75) is 51.0 Å². The van der Waals surface area contributed by atoms with Gasteiger partial charge in [0, 0.05) is 18.0 Å². The molecule has 1 aromatic carbocycles. The number of nitrogens with one attached hydrogen (secondary N) is 2. The summed E-state index contributed by atoms with van der Waals surface area (Å²) in [5, 5.41) is 14.7. The molecule has 0 heterocycles. The van der Waals surface area contributed by atoms with Crippen LogP contribution in [0.15, 0.2) is 30.3 Å². The molecule has 0 aliphatic heterocycles. The Balaban J connectivity index is 1.73. The highest BCUT2D eigenvalue weighted by Gasteiger charge is 2.22. The molecule has 1 fully saturated rings. The molecule has 1 aliphatic carbocycles. The van der Waals surface area contributed by atoms with E-state index in [1.54, 1.807) is 30.3 Å². The topological polar surface area (TPSA) is 95.5 Å². The fourth-order valence-corrected chi connectivity index (χ4v) is 3.12. The molecule has 2 amide bonds. The van der Waals surface area contributed by atoms with Crippen LogP contribution in [0, 0.1) is 5.92 Å². The third-order valence-corrected chi connectivity index (χ3v) is 4.58. The summed E-state index contributed by atoms with van der Waals surface area (Å²) < 4.78 is 0. The summed E-state index contributed by atoms with van der Waals surface area (Å²) in [5.74, 6) is -1.30. The van der Waals surface area contributed by atoms with Gasteiger partial charge in [0.05, 0.1) is 0 Å². The lowest BCUT2D eigenvalue weighted by Crippen LogP contribution is -2.41. The molecule has 1 aliphatic rings. The van der Waals surface area contributed by atoms with Gasteiger partial charge >= 0.3 is 5.97 Å². The second-order valence-electron chi connectivity index (χ2n) is 6.50. The van der Waals surface area contributed by atoms with Gasteiger partial charge in [-0.05, 0) is 37.8 Å². The predicted molar refractivity (Wildman–Crippen MR) is 94.2 cm³/mol. The molecular weight excluding hydrogens is 320 g/mol. The fourth-order valence-electron chi connectivity index (χ4n) is 3.12. The number of carboxylic acid groups (broad SMARTS) is 1. The second kappa shape index (κ2) is 9.81. The Bertz CT molecular complexity index is 582. The van der Waals surface area contributed by atoms with Crippen LogP contribution in [0.25, 0.3) is 0 Å². The first-order valence-electron chi connectivity index (χ1n) is 8.94. The molecule has 0 aromatic heterocycles. The molecule has 0 unspecified atom stereocenters. The molecule has 6 heteroatoms. The molecule has 1 saturated carbocycles. The number of carboxylic acids is 1. The van der Waals surface area contributed by atoms with Crippen LogP contribution in [-0.4, -0.2) is 35.5 Å². The average Bonchev–Trinajstić information content (AvgIpc) is 2.65. The van der Waals surface area contributed by atoms with Gasteiger partial charge in [-0.3, -0.25) is 9.59 Å². The van der Waals surface area contributed by atoms with Crippen molar-refractivity contribution in [3.8, 4) is 0 Å². The van der Waals surface area contributed by atoms with Gasteiger partial charge in [-0.2, -0.15) is 0 Å². The fraction of sp³-hybridized carbons (Fsp3) is 0.526. The Morgan fingerprint density at radius 1 is 1.08 bits per heavy atom. The Labute approximate surface area is 148 Å². The van der Waals surface area contributed by atoms with Crippen molar-refractivity contribution in [2.75, 3.05) is 6.54 Å². The highest BCUT2D eigenvalue weighted by Crippen LogP contribution is 2.23. The minimum Gasteiger partial charge on any atom is -0.480 e. The van der Waals surface area contributed by atoms with Crippen LogP contribution in [0.1, 0.15) is 55.3 Å². The lowest BCUT2D eigenvalue weighted by molar-refractivity contribution is -0.139. The van der Waals surface area contributed by atoms with Crippen molar-refractivity contribution < 1.29 is 19.5 Å². The number of aliphatic carboxylic acids is 1. The number of carbonyl (C=O) groups is 3. The highest BCUT2D eigenvalue weighted by molar-refractivity contribution is 5.96. The van der Waals surface area contributed by atoms with E-state index in [-0.39, 0.29) is 18.2 Å².